The van der Waals surface area contributed by atoms with Crippen molar-refractivity contribution >= 4 is 18.3 Å². The Kier molecular flexibility index (Phi) is 9.17. The third kappa shape index (κ3) is 6.89. The van der Waals surface area contributed by atoms with Gasteiger partial charge in [-0.15, -0.1) is 12.4 Å². The van der Waals surface area contributed by atoms with Crippen molar-refractivity contribution in [3.05, 3.63) is 35.1 Å². The molecule has 0 aliphatic carbocycles. The van der Waals surface area contributed by atoms with Gasteiger partial charge in [0.05, 0.1) is 6.04 Å². The number of benzene rings is 1. The number of rotatable bonds is 7. The first-order valence-corrected chi connectivity index (χ1v) is 6.89. The van der Waals surface area contributed by atoms with Gasteiger partial charge in [-0.05, 0) is 38.2 Å². The van der Waals surface area contributed by atoms with Gasteiger partial charge >= 0.3 is 0 Å². The molecule has 4 nitrogen and oxygen atoms in total. The van der Waals surface area contributed by atoms with Crippen LogP contribution in [0.5, 0.6) is 0 Å². The van der Waals surface area contributed by atoms with Crippen LogP contribution in [0.15, 0.2) is 18.2 Å². The predicted molar refractivity (Wildman–Crippen MR) is 85.8 cm³/mol. The zero-order chi connectivity index (χ0) is 15.1. The average Bonchev–Trinajstić information content (AvgIpc) is 2.39. The van der Waals surface area contributed by atoms with Crippen LogP contribution in [0, 0.1) is 5.82 Å². The van der Waals surface area contributed by atoms with E-state index in [0.29, 0.717) is 25.1 Å². The number of amides is 1. The van der Waals surface area contributed by atoms with E-state index in [2.05, 4.69) is 5.32 Å². The molecule has 1 atom stereocenters. The lowest BCUT2D eigenvalue weighted by molar-refractivity contribution is -0.122. The van der Waals surface area contributed by atoms with Gasteiger partial charge in [-0.25, -0.2) is 4.39 Å². The first kappa shape index (κ1) is 19.8. The Bertz CT molecular complexity index is 455. The molecule has 0 heterocycles. The Hall–Kier alpha value is -1.17. The molecule has 1 unspecified atom stereocenters. The molecule has 120 valence electrons. The number of nitrogens with zero attached hydrogens (tertiary/aromatic N) is 1. The van der Waals surface area contributed by atoms with E-state index in [1.807, 2.05) is 25.9 Å². The molecule has 0 saturated heterocycles. The fourth-order valence-electron chi connectivity index (χ4n) is 1.96. The maximum absolute atomic E-state index is 13.6. The second kappa shape index (κ2) is 9.71. The van der Waals surface area contributed by atoms with Crippen LogP contribution in [0.4, 0.5) is 4.39 Å². The quantitative estimate of drug-likeness (QED) is 0.809. The Labute approximate surface area is 132 Å². The van der Waals surface area contributed by atoms with Gasteiger partial charge in [0.1, 0.15) is 5.82 Å². The van der Waals surface area contributed by atoms with Gasteiger partial charge in [0.15, 0.2) is 0 Å². The fraction of sp³-hybridized carbons (Fsp3) is 0.533. The lowest BCUT2D eigenvalue weighted by Gasteiger charge is -2.14. The van der Waals surface area contributed by atoms with Crippen molar-refractivity contribution in [1.29, 1.82) is 0 Å². The Morgan fingerprint density at radius 3 is 2.67 bits per heavy atom. The van der Waals surface area contributed by atoms with Gasteiger partial charge in [-0.2, -0.15) is 0 Å². The summed E-state index contributed by atoms with van der Waals surface area (Å²) >= 11 is 0. The number of carbonyl (C=O) groups is 1. The van der Waals surface area contributed by atoms with Crippen LogP contribution < -0.4 is 11.1 Å². The molecule has 1 rings (SSSR count). The molecule has 1 aromatic rings. The van der Waals surface area contributed by atoms with Crippen LogP contribution in [0.3, 0.4) is 0 Å². The Morgan fingerprint density at radius 1 is 1.43 bits per heavy atom. The highest BCUT2D eigenvalue weighted by molar-refractivity contribution is 5.85. The van der Waals surface area contributed by atoms with Crippen LogP contribution in [0.25, 0.3) is 0 Å². The average molecular weight is 318 g/mol. The van der Waals surface area contributed by atoms with Crippen molar-refractivity contribution in [2.75, 3.05) is 14.1 Å². The summed E-state index contributed by atoms with van der Waals surface area (Å²) in [6.45, 7) is 2.89. The van der Waals surface area contributed by atoms with Crippen molar-refractivity contribution in [1.82, 2.24) is 10.2 Å². The molecular formula is C15H25ClFN3O. The summed E-state index contributed by atoms with van der Waals surface area (Å²) < 4.78 is 13.6. The minimum Gasteiger partial charge on any atom is -0.351 e. The molecule has 0 aromatic heterocycles. The second-order valence-electron chi connectivity index (χ2n) is 5.28. The van der Waals surface area contributed by atoms with Crippen LogP contribution >= 0.6 is 12.4 Å². The van der Waals surface area contributed by atoms with E-state index in [9.17, 15) is 9.18 Å². The minimum absolute atomic E-state index is 0. The van der Waals surface area contributed by atoms with E-state index in [1.54, 1.807) is 12.1 Å². The summed E-state index contributed by atoms with van der Waals surface area (Å²) in [4.78, 5) is 13.6. The molecule has 1 aromatic carbocycles. The number of hydrogen-bond acceptors (Lipinski definition) is 3. The number of nitrogens with one attached hydrogen (secondary N) is 1. The van der Waals surface area contributed by atoms with Crippen LogP contribution in [0.2, 0.25) is 0 Å². The van der Waals surface area contributed by atoms with E-state index < -0.39 is 6.04 Å². The first-order chi connectivity index (χ1) is 9.43. The molecular weight excluding hydrogens is 293 g/mol. The molecule has 0 fully saturated rings. The molecule has 0 spiro atoms. The topological polar surface area (TPSA) is 58.4 Å². The summed E-state index contributed by atoms with van der Waals surface area (Å²) in [6.07, 6.45) is 1.54. The van der Waals surface area contributed by atoms with Gasteiger partial charge in [-0.3, -0.25) is 4.79 Å². The number of carbonyl (C=O) groups excluding carboxylic acids is 1. The number of nitrogens with two attached hydrogens (primary N) is 1. The molecule has 1 amide bonds. The highest BCUT2D eigenvalue weighted by Crippen LogP contribution is 2.12. The number of halogens is 2. The maximum Gasteiger partial charge on any atom is 0.237 e. The summed E-state index contributed by atoms with van der Waals surface area (Å²) in [7, 11) is 3.77. The lowest BCUT2D eigenvalue weighted by Crippen LogP contribution is -2.40. The largest absolute Gasteiger partial charge is 0.351 e. The van der Waals surface area contributed by atoms with E-state index in [4.69, 9.17) is 5.73 Å². The van der Waals surface area contributed by atoms with E-state index in [-0.39, 0.29) is 24.1 Å². The smallest absolute Gasteiger partial charge is 0.237 e. The van der Waals surface area contributed by atoms with Crippen molar-refractivity contribution in [2.24, 2.45) is 5.73 Å². The first-order valence-electron chi connectivity index (χ1n) is 6.89. The Balaban J connectivity index is 0.00000400. The minimum atomic E-state index is -0.471. The molecule has 6 heteroatoms. The van der Waals surface area contributed by atoms with E-state index in [1.165, 1.54) is 6.07 Å². The van der Waals surface area contributed by atoms with Crippen molar-refractivity contribution in [2.45, 2.75) is 38.9 Å². The molecule has 21 heavy (non-hydrogen) atoms. The fourth-order valence-corrected chi connectivity index (χ4v) is 1.96. The summed E-state index contributed by atoms with van der Waals surface area (Å²) in [6, 6.07) is 4.43. The van der Waals surface area contributed by atoms with Crippen molar-refractivity contribution in [3.63, 3.8) is 0 Å². The normalized spacial score (nSPS) is 11.9. The molecule has 0 aliphatic rings. The van der Waals surface area contributed by atoms with Crippen LogP contribution in [-0.2, 0) is 17.9 Å². The third-order valence-corrected chi connectivity index (χ3v) is 3.00. The van der Waals surface area contributed by atoms with Crippen LogP contribution in [0.1, 0.15) is 30.9 Å². The lowest BCUT2D eigenvalue weighted by atomic mass is 10.1. The summed E-state index contributed by atoms with van der Waals surface area (Å²) in [5.74, 6) is -0.387. The second-order valence-corrected chi connectivity index (χ2v) is 5.28. The highest BCUT2D eigenvalue weighted by atomic mass is 35.5. The van der Waals surface area contributed by atoms with Crippen LogP contribution in [-0.4, -0.2) is 30.9 Å². The van der Waals surface area contributed by atoms with Gasteiger partial charge in [-0.1, -0.05) is 19.4 Å². The summed E-state index contributed by atoms with van der Waals surface area (Å²) in [5, 5.41) is 2.78. The summed E-state index contributed by atoms with van der Waals surface area (Å²) in [5.41, 5.74) is 7.23. The molecule has 0 aliphatic heterocycles. The SMILES string of the molecule is CCCC(N)C(=O)NCc1ccc(F)c(CN(C)C)c1.Cl. The third-order valence-electron chi connectivity index (χ3n) is 3.00. The van der Waals surface area contributed by atoms with Gasteiger partial charge in [0, 0.05) is 18.7 Å². The molecule has 0 radical (unpaired) electrons. The van der Waals surface area contributed by atoms with Gasteiger partial charge in [0.2, 0.25) is 5.91 Å². The molecule has 0 bridgehead atoms. The highest BCUT2D eigenvalue weighted by Gasteiger charge is 2.12. The molecule has 3 N–H and O–H groups in total. The van der Waals surface area contributed by atoms with E-state index in [0.717, 1.165) is 12.0 Å². The van der Waals surface area contributed by atoms with Crippen molar-refractivity contribution in [3.8, 4) is 0 Å². The monoisotopic (exact) mass is 317 g/mol. The van der Waals surface area contributed by atoms with Gasteiger partial charge in [0.25, 0.3) is 0 Å². The zero-order valence-corrected chi connectivity index (χ0v) is 13.7. The van der Waals surface area contributed by atoms with E-state index >= 15 is 0 Å². The standard InChI is InChI=1S/C15H24FN3O.ClH/c1-4-5-14(17)15(20)18-9-11-6-7-13(16)12(8-11)10-19(2)3;/h6-8,14H,4-5,9-10,17H2,1-3H3,(H,18,20);1H. The van der Waals surface area contributed by atoms with Gasteiger partial charge < -0.3 is 16.0 Å². The Morgan fingerprint density at radius 2 is 2.10 bits per heavy atom. The predicted octanol–water partition coefficient (Wildman–Crippen LogP) is 2.05. The van der Waals surface area contributed by atoms with Crippen molar-refractivity contribution < 1.29 is 9.18 Å². The molecule has 0 saturated carbocycles. The maximum atomic E-state index is 13.6. The number of hydrogen-bond donors (Lipinski definition) is 2. The zero-order valence-electron chi connectivity index (χ0n) is 12.9.